The Hall–Kier alpha value is -0.400. The first-order valence-corrected chi connectivity index (χ1v) is 27.8. The molecule has 0 fully saturated rings. The number of allylic oxidation sites excluding steroid dienone is 2. The Labute approximate surface area is 247 Å². The SMILES string of the molecule is CC1=Cc2c(C(C)C)cccc2[CH]1[Zr]([CH3])([SiH3])[CH]1C(C)=Cc2c(C(C)C)cccc21.CCCCCC.Cl.Cl. The fourth-order valence-corrected chi connectivity index (χ4v) is 28.0. The summed E-state index contributed by atoms with van der Waals surface area (Å²) in [5.41, 5.74) is 12.8. The van der Waals surface area contributed by atoms with Crippen molar-refractivity contribution in [1.82, 2.24) is 0 Å². The number of rotatable bonds is 7. The van der Waals surface area contributed by atoms with Crippen molar-refractivity contribution in [1.29, 1.82) is 0 Å². The molecule has 0 heterocycles. The molecule has 4 rings (SSSR count). The van der Waals surface area contributed by atoms with Gasteiger partial charge in [0.2, 0.25) is 0 Å². The molecular formula is C33H52Cl2SiZr. The van der Waals surface area contributed by atoms with E-state index in [0.717, 1.165) is 7.25 Å². The molecule has 206 valence electrons. The minimum Gasteiger partial charge on any atom is -0.147 e. The Morgan fingerprint density at radius 1 is 0.703 bits per heavy atom. The average Bonchev–Trinajstić information content (AvgIpc) is 3.33. The molecule has 4 heteroatoms. The average molecular weight is 639 g/mol. The summed E-state index contributed by atoms with van der Waals surface area (Å²) in [5.74, 6) is 1.18. The van der Waals surface area contributed by atoms with Crippen LogP contribution in [0, 0.1) is 0 Å². The molecule has 2 atom stereocenters. The predicted octanol–water partition coefficient (Wildman–Crippen LogP) is 10.5. The zero-order valence-corrected chi connectivity index (χ0v) is 31.2. The third-order valence-electron chi connectivity index (χ3n) is 8.31. The summed E-state index contributed by atoms with van der Waals surface area (Å²) < 4.78 is 4.22. The number of halogens is 2. The zero-order chi connectivity index (χ0) is 25.9. The topological polar surface area (TPSA) is 0 Å². The van der Waals surface area contributed by atoms with Gasteiger partial charge in [-0.2, -0.15) is 0 Å². The quantitative estimate of drug-likeness (QED) is 0.209. The van der Waals surface area contributed by atoms with Gasteiger partial charge in [0.05, 0.1) is 0 Å². The van der Waals surface area contributed by atoms with E-state index in [4.69, 9.17) is 0 Å². The Kier molecular flexibility index (Phi) is 13.9. The number of hydrogen-bond acceptors (Lipinski definition) is 0. The fraction of sp³-hybridized carbons (Fsp3) is 0.515. The van der Waals surface area contributed by atoms with Gasteiger partial charge >= 0.3 is 185 Å². The van der Waals surface area contributed by atoms with Crippen LogP contribution in [0.15, 0.2) is 47.5 Å². The maximum Gasteiger partial charge on any atom is -0.0536 e. The third-order valence-corrected chi connectivity index (χ3v) is 26.2. The molecule has 0 bridgehead atoms. The van der Waals surface area contributed by atoms with Gasteiger partial charge < -0.3 is 0 Å². The summed E-state index contributed by atoms with van der Waals surface area (Å²) in [4.78, 5) is 0. The molecule has 0 radical (unpaired) electrons. The van der Waals surface area contributed by atoms with E-state index >= 15 is 0 Å². The van der Waals surface area contributed by atoms with Crippen molar-refractivity contribution in [2.24, 2.45) is 0 Å². The molecule has 2 aromatic carbocycles. The van der Waals surface area contributed by atoms with Crippen molar-refractivity contribution in [3.05, 3.63) is 80.9 Å². The van der Waals surface area contributed by atoms with Gasteiger partial charge in [0.1, 0.15) is 0 Å². The summed E-state index contributed by atoms with van der Waals surface area (Å²) in [7, 11) is 1.36. The largest absolute Gasteiger partial charge is 0.147 e. The first-order valence-electron chi connectivity index (χ1n) is 14.2. The Bertz CT molecular complexity index is 1010. The van der Waals surface area contributed by atoms with Gasteiger partial charge in [-0.3, -0.25) is 0 Å². The summed E-state index contributed by atoms with van der Waals surface area (Å²) in [5, 5.41) is 0. The summed E-state index contributed by atoms with van der Waals surface area (Å²) in [6.45, 7) is 18.6. The van der Waals surface area contributed by atoms with Gasteiger partial charge in [0, 0.05) is 0 Å². The second-order valence-electron chi connectivity index (χ2n) is 12.2. The van der Waals surface area contributed by atoms with Gasteiger partial charge in [0.25, 0.3) is 0 Å². The first-order chi connectivity index (χ1) is 16.6. The maximum absolute atomic E-state index is 2.76. The molecule has 2 aromatic rings. The van der Waals surface area contributed by atoms with Crippen molar-refractivity contribution < 1.29 is 19.4 Å². The van der Waals surface area contributed by atoms with Crippen LogP contribution in [0.2, 0.25) is 4.63 Å². The molecule has 37 heavy (non-hydrogen) atoms. The Balaban J connectivity index is 0.000000770. The van der Waals surface area contributed by atoms with Gasteiger partial charge in [-0.1, -0.05) is 39.5 Å². The number of benzene rings is 2. The van der Waals surface area contributed by atoms with Crippen molar-refractivity contribution in [3.8, 4) is 0 Å². The third kappa shape index (κ3) is 7.22. The predicted molar refractivity (Wildman–Crippen MR) is 174 cm³/mol. The molecule has 0 saturated heterocycles. The minimum atomic E-state index is -2.52. The van der Waals surface area contributed by atoms with E-state index in [0.29, 0.717) is 11.8 Å². The summed E-state index contributed by atoms with van der Waals surface area (Å²) in [6.07, 6.45) is 10.6. The molecule has 0 saturated carbocycles. The molecule has 2 aliphatic carbocycles. The standard InChI is InChI=1S/2C13H15.C6H14.CH3.2ClH.H3Si.Zr/c2*1-9(2)12-6-4-5-11-7-10(3)8-13(11)12;1-3-5-6-4-2;;;;;/h2*4-9H,1-3H3;3-6H2,1-2H3;1H3;2*1H;1H3;. The smallest absolute Gasteiger partial charge is 0.0536 e. The van der Waals surface area contributed by atoms with Gasteiger partial charge in [-0.25, -0.2) is 0 Å². The normalized spacial score (nSPS) is 19.1. The molecule has 0 N–H and O–H groups in total. The number of hydrogen-bond donors (Lipinski definition) is 0. The molecule has 0 nitrogen and oxygen atoms in total. The van der Waals surface area contributed by atoms with E-state index in [2.05, 4.69) is 109 Å². The molecule has 0 spiro atoms. The second-order valence-corrected chi connectivity index (χ2v) is 36.7. The van der Waals surface area contributed by atoms with E-state index in [-0.39, 0.29) is 24.8 Å². The fourth-order valence-electron chi connectivity index (χ4n) is 6.80. The van der Waals surface area contributed by atoms with Crippen molar-refractivity contribution in [3.63, 3.8) is 0 Å². The summed E-state index contributed by atoms with van der Waals surface area (Å²) in [6, 6.07) is 14.2. The van der Waals surface area contributed by atoms with Crippen LogP contribution in [0.25, 0.3) is 12.2 Å². The van der Waals surface area contributed by atoms with E-state index in [1.807, 2.05) is 0 Å². The van der Waals surface area contributed by atoms with Crippen LogP contribution in [-0.2, 0) is 19.4 Å². The van der Waals surface area contributed by atoms with E-state index in [9.17, 15) is 0 Å². The van der Waals surface area contributed by atoms with E-state index < -0.39 is 19.4 Å². The maximum atomic E-state index is 2.76. The molecule has 2 aliphatic rings. The van der Waals surface area contributed by atoms with Crippen molar-refractivity contribution >= 4 is 44.3 Å². The van der Waals surface area contributed by atoms with Crippen molar-refractivity contribution in [2.75, 3.05) is 0 Å². The minimum absolute atomic E-state index is 0. The number of fused-ring (bicyclic) bond motifs is 2. The Morgan fingerprint density at radius 3 is 1.35 bits per heavy atom. The number of unbranched alkanes of at least 4 members (excludes halogenated alkanes) is 3. The zero-order valence-electron chi connectivity index (χ0n) is 25.1. The molecule has 0 aromatic heterocycles. The first kappa shape index (κ1) is 34.6. The van der Waals surface area contributed by atoms with Crippen LogP contribution in [0.3, 0.4) is 0 Å². The van der Waals surface area contributed by atoms with Crippen LogP contribution in [0.5, 0.6) is 0 Å². The van der Waals surface area contributed by atoms with Crippen molar-refractivity contribution in [2.45, 2.75) is 105 Å². The van der Waals surface area contributed by atoms with Crippen LogP contribution >= 0.6 is 24.8 Å². The molecule has 0 aliphatic heterocycles. The monoisotopic (exact) mass is 636 g/mol. The van der Waals surface area contributed by atoms with E-state index in [1.54, 1.807) is 33.4 Å². The summed E-state index contributed by atoms with van der Waals surface area (Å²) >= 11 is -2.52. The second kappa shape index (κ2) is 14.8. The molecule has 2 unspecified atom stereocenters. The van der Waals surface area contributed by atoms with Crippen LogP contribution in [-0.4, -0.2) is 7.37 Å². The molecular weight excluding hydrogens is 587 g/mol. The van der Waals surface area contributed by atoms with E-state index in [1.165, 1.54) is 44.2 Å². The van der Waals surface area contributed by atoms with Crippen LogP contribution in [0.4, 0.5) is 0 Å². The molecule has 0 amide bonds. The van der Waals surface area contributed by atoms with Gasteiger partial charge in [-0.05, 0) is 0 Å². The van der Waals surface area contributed by atoms with Crippen LogP contribution < -0.4 is 0 Å². The van der Waals surface area contributed by atoms with Gasteiger partial charge in [0.15, 0.2) is 0 Å². The Morgan fingerprint density at radius 2 is 1.05 bits per heavy atom. The van der Waals surface area contributed by atoms with Crippen LogP contribution in [0.1, 0.15) is 134 Å². The van der Waals surface area contributed by atoms with Gasteiger partial charge in [-0.15, -0.1) is 24.8 Å².